The normalized spacial score (nSPS) is 25.0. The largest absolute Gasteiger partial charge is 0.480 e. The van der Waals surface area contributed by atoms with Gasteiger partial charge in [-0.25, -0.2) is 0 Å². The number of nitrogens with zero attached hydrogens (tertiary/aromatic N) is 1. The molecule has 0 aromatic carbocycles. The van der Waals surface area contributed by atoms with Crippen LogP contribution in [0.1, 0.15) is 19.8 Å². The van der Waals surface area contributed by atoms with Gasteiger partial charge in [0, 0.05) is 19.0 Å². The molecule has 11 heteroatoms. The minimum absolute atomic E-state index is 0. The molecular formula is C11H24BCl2N3O5. The molecule has 1 heterocycles. The van der Waals surface area contributed by atoms with E-state index in [4.69, 9.17) is 21.5 Å². The molecule has 0 aromatic heterocycles. The highest BCUT2D eigenvalue weighted by Crippen LogP contribution is 2.30. The second-order valence-electron chi connectivity index (χ2n) is 5.46. The standard InChI is InChI=1S/C11H22BN3O5.2ClH/c1-7(13)9(16)15-5-8(3-2-4-12(19)20)11(14,6-15)10(17)18;;/h7-8,19-20H,2-6,13-14H2,1H3,(H,17,18);2*1H/t7-,8-,11-;;/m0../s1. The van der Waals surface area contributed by atoms with Crippen molar-refractivity contribution in [3.8, 4) is 0 Å². The molecule has 1 fully saturated rings. The van der Waals surface area contributed by atoms with Gasteiger partial charge in [0.2, 0.25) is 5.91 Å². The third-order valence-corrected chi connectivity index (χ3v) is 3.74. The van der Waals surface area contributed by atoms with Crippen molar-refractivity contribution >= 4 is 43.8 Å². The van der Waals surface area contributed by atoms with Crippen LogP contribution in [0, 0.1) is 5.92 Å². The van der Waals surface area contributed by atoms with Crippen LogP contribution < -0.4 is 11.5 Å². The van der Waals surface area contributed by atoms with E-state index in [1.807, 2.05) is 0 Å². The molecule has 0 spiro atoms. The zero-order valence-corrected chi connectivity index (χ0v) is 14.0. The zero-order chi connectivity index (χ0) is 15.5. The Balaban J connectivity index is 0. The van der Waals surface area contributed by atoms with E-state index in [2.05, 4.69) is 0 Å². The first kappa shape index (κ1) is 23.7. The Morgan fingerprint density at radius 3 is 2.36 bits per heavy atom. The van der Waals surface area contributed by atoms with Gasteiger partial charge in [-0.2, -0.15) is 0 Å². The van der Waals surface area contributed by atoms with Crippen LogP contribution in [0.4, 0.5) is 0 Å². The molecule has 22 heavy (non-hydrogen) atoms. The van der Waals surface area contributed by atoms with Crippen molar-refractivity contribution in [2.24, 2.45) is 17.4 Å². The Morgan fingerprint density at radius 1 is 1.41 bits per heavy atom. The summed E-state index contributed by atoms with van der Waals surface area (Å²) in [7, 11) is -1.42. The summed E-state index contributed by atoms with van der Waals surface area (Å²) in [6, 6.07) is -0.703. The minimum atomic E-state index is -1.51. The molecule has 0 aliphatic carbocycles. The van der Waals surface area contributed by atoms with Gasteiger partial charge in [-0.05, 0) is 19.7 Å². The number of carbonyl (C=O) groups excluding carboxylic acids is 1. The number of hydrogen-bond donors (Lipinski definition) is 5. The summed E-state index contributed by atoms with van der Waals surface area (Å²) < 4.78 is 0. The molecule has 0 radical (unpaired) electrons. The average Bonchev–Trinajstić information content (AvgIpc) is 2.67. The van der Waals surface area contributed by atoms with Gasteiger partial charge in [0.1, 0.15) is 5.54 Å². The summed E-state index contributed by atoms with van der Waals surface area (Å²) in [5.74, 6) is -1.92. The van der Waals surface area contributed by atoms with Crippen molar-refractivity contribution in [1.82, 2.24) is 4.90 Å². The first-order chi connectivity index (χ1) is 9.18. The number of aliphatic carboxylic acids is 1. The monoisotopic (exact) mass is 359 g/mol. The highest BCUT2D eigenvalue weighted by molar-refractivity contribution is 6.40. The third-order valence-electron chi connectivity index (χ3n) is 3.74. The van der Waals surface area contributed by atoms with Gasteiger partial charge in [-0.3, -0.25) is 9.59 Å². The molecule has 1 aliphatic rings. The number of hydrogen-bond acceptors (Lipinski definition) is 6. The molecule has 0 aromatic rings. The highest BCUT2D eigenvalue weighted by atomic mass is 35.5. The van der Waals surface area contributed by atoms with Gasteiger partial charge in [0.25, 0.3) is 0 Å². The molecular weight excluding hydrogens is 336 g/mol. The number of rotatable bonds is 6. The molecule has 1 saturated heterocycles. The lowest BCUT2D eigenvalue weighted by atomic mass is 9.78. The lowest BCUT2D eigenvalue weighted by Crippen LogP contribution is -2.55. The highest BCUT2D eigenvalue weighted by Gasteiger charge is 2.50. The van der Waals surface area contributed by atoms with E-state index in [1.54, 1.807) is 0 Å². The van der Waals surface area contributed by atoms with E-state index < -0.39 is 30.6 Å². The van der Waals surface area contributed by atoms with Gasteiger partial charge in [0.05, 0.1) is 6.04 Å². The van der Waals surface area contributed by atoms with Crippen LogP contribution in [0.3, 0.4) is 0 Å². The second kappa shape index (κ2) is 9.54. The van der Waals surface area contributed by atoms with Crippen molar-refractivity contribution in [3.63, 3.8) is 0 Å². The van der Waals surface area contributed by atoms with Crippen molar-refractivity contribution in [2.75, 3.05) is 13.1 Å². The van der Waals surface area contributed by atoms with Crippen LogP contribution in [0.15, 0.2) is 0 Å². The number of carbonyl (C=O) groups is 2. The van der Waals surface area contributed by atoms with Gasteiger partial charge in [0.15, 0.2) is 0 Å². The average molecular weight is 360 g/mol. The Bertz CT molecular complexity index is 389. The molecule has 8 nitrogen and oxygen atoms in total. The van der Waals surface area contributed by atoms with Crippen molar-refractivity contribution in [3.05, 3.63) is 0 Å². The van der Waals surface area contributed by atoms with E-state index >= 15 is 0 Å². The topological polar surface area (TPSA) is 150 Å². The summed E-state index contributed by atoms with van der Waals surface area (Å²) in [6.07, 6.45) is 0.978. The molecule has 0 bridgehead atoms. The molecule has 7 N–H and O–H groups in total. The first-order valence-corrected chi connectivity index (χ1v) is 6.61. The zero-order valence-electron chi connectivity index (χ0n) is 12.3. The van der Waals surface area contributed by atoms with Crippen molar-refractivity contribution in [1.29, 1.82) is 0 Å². The van der Waals surface area contributed by atoms with Crippen LogP contribution in [-0.4, -0.2) is 63.7 Å². The maximum atomic E-state index is 11.9. The Hall–Kier alpha value is -0.575. The van der Waals surface area contributed by atoms with Crippen LogP contribution in [0.5, 0.6) is 0 Å². The Labute approximate surface area is 142 Å². The summed E-state index contributed by atoms with van der Waals surface area (Å²) in [5.41, 5.74) is 9.94. The maximum Gasteiger partial charge on any atom is 0.451 e. The molecule has 130 valence electrons. The van der Waals surface area contributed by atoms with Crippen LogP contribution in [-0.2, 0) is 9.59 Å². The molecule has 1 rings (SSSR count). The summed E-state index contributed by atoms with van der Waals surface area (Å²) in [4.78, 5) is 24.6. The van der Waals surface area contributed by atoms with Gasteiger partial charge < -0.3 is 31.5 Å². The van der Waals surface area contributed by atoms with Gasteiger partial charge >= 0.3 is 13.1 Å². The molecule has 0 saturated carbocycles. The number of likely N-dealkylation sites (tertiary alicyclic amines) is 1. The smallest absolute Gasteiger partial charge is 0.451 e. The Kier molecular flexibility index (Phi) is 10.3. The summed E-state index contributed by atoms with van der Waals surface area (Å²) in [5, 5.41) is 26.9. The van der Waals surface area contributed by atoms with Crippen LogP contribution in [0.25, 0.3) is 0 Å². The fourth-order valence-corrected chi connectivity index (χ4v) is 2.53. The van der Waals surface area contributed by atoms with E-state index in [0.717, 1.165) is 0 Å². The number of nitrogens with two attached hydrogens (primary N) is 2. The number of carboxylic acid groups (broad SMARTS) is 1. The number of halogens is 2. The minimum Gasteiger partial charge on any atom is -0.480 e. The second-order valence-corrected chi connectivity index (χ2v) is 5.46. The lowest BCUT2D eigenvalue weighted by molar-refractivity contribution is -0.144. The predicted molar refractivity (Wildman–Crippen MR) is 87.0 cm³/mol. The first-order valence-electron chi connectivity index (χ1n) is 6.61. The fourth-order valence-electron chi connectivity index (χ4n) is 2.53. The molecule has 1 aliphatic heterocycles. The summed E-state index contributed by atoms with van der Waals surface area (Å²) in [6.45, 7) is 1.69. The maximum absolute atomic E-state index is 11.9. The SMILES string of the molecule is C[C@H](N)C(=O)N1C[C@H](CCCB(O)O)[C@](N)(C(=O)O)C1.Cl.Cl. The summed E-state index contributed by atoms with van der Waals surface area (Å²) >= 11 is 0. The number of amides is 1. The van der Waals surface area contributed by atoms with Crippen LogP contribution in [0.2, 0.25) is 6.32 Å². The Morgan fingerprint density at radius 2 is 1.95 bits per heavy atom. The molecule has 1 amide bonds. The third kappa shape index (κ3) is 5.56. The van der Waals surface area contributed by atoms with Gasteiger partial charge in [-0.15, -0.1) is 24.8 Å². The van der Waals surface area contributed by atoms with E-state index in [-0.39, 0.29) is 50.1 Å². The van der Waals surface area contributed by atoms with Crippen molar-refractivity contribution < 1.29 is 24.7 Å². The lowest BCUT2D eigenvalue weighted by Gasteiger charge is -2.25. The fraction of sp³-hybridized carbons (Fsp3) is 0.818. The van der Waals surface area contributed by atoms with E-state index in [9.17, 15) is 14.7 Å². The van der Waals surface area contributed by atoms with Crippen LogP contribution >= 0.6 is 24.8 Å². The molecule has 0 unspecified atom stereocenters. The predicted octanol–water partition coefficient (Wildman–Crippen LogP) is -1.33. The van der Waals surface area contributed by atoms with E-state index in [1.165, 1.54) is 11.8 Å². The molecule has 3 atom stereocenters. The quantitative estimate of drug-likeness (QED) is 0.368. The number of carboxylic acids is 1. The van der Waals surface area contributed by atoms with E-state index in [0.29, 0.717) is 12.8 Å². The van der Waals surface area contributed by atoms with Crippen molar-refractivity contribution in [2.45, 2.75) is 37.7 Å². The van der Waals surface area contributed by atoms with Gasteiger partial charge in [-0.1, -0.05) is 6.42 Å².